The van der Waals surface area contributed by atoms with Crippen LogP contribution in [0.3, 0.4) is 0 Å². The molecule has 0 radical (unpaired) electrons. The van der Waals surface area contributed by atoms with E-state index in [-0.39, 0.29) is 23.9 Å². The zero-order chi connectivity index (χ0) is 18.7. The Morgan fingerprint density at radius 3 is 2.69 bits per heavy atom. The molecular formula is C16H17FN6O3. The van der Waals surface area contributed by atoms with Gasteiger partial charge in [-0.25, -0.2) is 9.18 Å². The molecule has 2 fully saturated rings. The average molecular weight is 360 g/mol. The Kier molecular flexibility index (Phi) is 4.65. The lowest BCUT2D eigenvalue weighted by atomic mass is 9.93. The molecule has 0 unspecified atom stereocenters. The number of rotatable bonds is 7. The van der Waals surface area contributed by atoms with Crippen LogP contribution in [0.2, 0.25) is 0 Å². The minimum Gasteiger partial charge on any atom is -0.348 e. The van der Waals surface area contributed by atoms with Crippen LogP contribution in [-0.4, -0.2) is 41.9 Å². The van der Waals surface area contributed by atoms with Gasteiger partial charge in [-0.2, -0.15) is 5.10 Å². The minimum atomic E-state index is -1.18. The smallest absolute Gasteiger partial charge is 0.322 e. The predicted octanol–water partition coefficient (Wildman–Crippen LogP) is 0.348. The van der Waals surface area contributed by atoms with Crippen molar-refractivity contribution in [2.45, 2.75) is 18.4 Å². The summed E-state index contributed by atoms with van der Waals surface area (Å²) in [7, 11) is 0. The summed E-state index contributed by atoms with van der Waals surface area (Å²) >= 11 is 0. The standard InChI is InChI=1S/C16H17FN6O3/c17-10-3-1-2-4-11(10)22-23-12(7-18)13(24)19-8-16(9-5-6-9)14(25)20-15(26)21-16/h1-4,7,9,18,22H,5-6,8H2,(H,19,24)(H2,20,21,25,26)/b18-7?,23-12+/t16-/m0/s1. The molecule has 2 aliphatic rings. The summed E-state index contributed by atoms with van der Waals surface area (Å²) in [5.41, 5.74) is 0.954. The fourth-order valence-electron chi connectivity index (χ4n) is 2.77. The number of anilines is 1. The summed E-state index contributed by atoms with van der Waals surface area (Å²) in [5.74, 6) is -1.81. The van der Waals surface area contributed by atoms with Crippen LogP contribution in [0.15, 0.2) is 29.4 Å². The molecule has 9 nitrogen and oxygen atoms in total. The van der Waals surface area contributed by atoms with Crippen molar-refractivity contribution >= 4 is 35.5 Å². The van der Waals surface area contributed by atoms with E-state index in [1.165, 1.54) is 18.2 Å². The van der Waals surface area contributed by atoms with Crippen LogP contribution in [0.25, 0.3) is 0 Å². The van der Waals surface area contributed by atoms with Crippen molar-refractivity contribution in [2.75, 3.05) is 12.0 Å². The zero-order valence-corrected chi connectivity index (χ0v) is 13.6. The van der Waals surface area contributed by atoms with Crippen molar-refractivity contribution in [3.05, 3.63) is 30.1 Å². The number of urea groups is 1. The van der Waals surface area contributed by atoms with Crippen molar-refractivity contribution in [3.8, 4) is 0 Å². The van der Waals surface area contributed by atoms with Gasteiger partial charge in [-0.1, -0.05) is 12.1 Å². The van der Waals surface area contributed by atoms with Crippen molar-refractivity contribution in [1.29, 1.82) is 5.41 Å². The second kappa shape index (κ2) is 6.90. The van der Waals surface area contributed by atoms with Crippen LogP contribution < -0.4 is 21.4 Å². The van der Waals surface area contributed by atoms with Crippen LogP contribution in [0.4, 0.5) is 14.9 Å². The fourth-order valence-corrected chi connectivity index (χ4v) is 2.77. The van der Waals surface area contributed by atoms with E-state index in [0.717, 1.165) is 12.8 Å². The molecule has 136 valence electrons. The topological polar surface area (TPSA) is 136 Å². The Balaban J connectivity index is 1.67. The van der Waals surface area contributed by atoms with Gasteiger partial charge in [0.2, 0.25) is 0 Å². The van der Waals surface area contributed by atoms with Crippen molar-refractivity contribution in [2.24, 2.45) is 11.0 Å². The quantitative estimate of drug-likeness (QED) is 0.272. The molecule has 10 heteroatoms. The monoisotopic (exact) mass is 360 g/mol. The van der Waals surface area contributed by atoms with Gasteiger partial charge in [0.15, 0.2) is 5.71 Å². The van der Waals surface area contributed by atoms with Gasteiger partial charge in [0, 0.05) is 0 Å². The molecule has 3 rings (SSSR count). The number of imide groups is 1. The molecule has 26 heavy (non-hydrogen) atoms. The van der Waals surface area contributed by atoms with Gasteiger partial charge in [0.25, 0.3) is 11.8 Å². The Bertz CT molecular complexity index is 807. The van der Waals surface area contributed by atoms with E-state index in [4.69, 9.17) is 5.41 Å². The number of nitrogens with zero attached hydrogens (tertiary/aromatic N) is 1. The largest absolute Gasteiger partial charge is 0.348 e. The molecule has 1 aromatic rings. The van der Waals surface area contributed by atoms with E-state index in [2.05, 4.69) is 26.5 Å². The lowest BCUT2D eigenvalue weighted by Gasteiger charge is -2.26. The number of hydrogen-bond acceptors (Lipinski definition) is 6. The van der Waals surface area contributed by atoms with Gasteiger partial charge in [-0.15, -0.1) is 0 Å². The number of nitrogens with one attached hydrogen (secondary N) is 5. The van der Waals surface area contributed by atoms with Gasteiger partial charge in [-0.05, 0) is 30.9 Å². The van der Waals surface area contributed by atoms with Gasteiger partial charge in [0.05, 0.1) is 18.4 Å². The highest BCUT2D eigenvalue weighted by molar-refractivity contribution is 6.60. The second-order valence-electron chi connectivity index (χ2n) is 6.07. The number of para-hydroxylation sites is 1. The third-order valence-electron chi connectivity index (χ3n) is 4.31. The first kappa shape index (κ1) is 17.5. The number of hydrogen-bond donors (Lipinski definition) is 5. The SMILES string of the molecule is N=C/C(=N\Nc1ccccc1F)C(=O)NC[C@@]1(C2CC2)NC(=O)NC1=O. The van der Waals surface area contributed by atoms with Crippen LogP contribution in [0.5, 0.6) is 0 Å². The average Bonchev–Trinajstić information content (AvgIpc) is 3.41. The molecule has 1 aromatic carbocycles. The maximum absolute atomic E-state index is 13.5. The van der Waals surface area contributed by atoms with E-state index in [1.54, 1.807) is 6.07 Å². The number of benzene rings is 1. The number of halogens is 1. The van der Waals surface area contributed by atoms with E-state index in [0.29, 0.717) is 6.21 Å². The van der Waals surface area contributed by atoms with Gasteiger partial charge >= 0.3 is 6.03 Å². The minimum absolute atomic E-state index is 0.0499. The third-order valence-corrected chi connectivity index (χ3v) is 4.31. The summed E-state index contributed by atoms with van der Waals surface area (Å²) in [6.07, 6.45) is 2.24. The molecule has 1 aliphatic heterocycles. The van der Waals surface area contributed by atoms with E-state index < -0.39 is 29.2 Å². The normalized spacial score (nSPS) is 22.4. The number of carbonyl (C=O) groups is 3. The molecule has 1 atom stereocenters. The van der Waals surface area contributed by atoms with Crippen LogP contribution >= 0.6 is 0 Å². The summed E-state index contributed by atoms with van der Waals surface area (Å²) in [6, 6.07) is 5.15. The zero-order valence-electron chi connectivity index (χ0n) is 13.6. The first-order valence-electron chi connectivity index (χ1n) is 7.97. The second-order valence-corrected chi connectivity index (χ2v) is 6.07. The molecular weight excluding hydrogens is 343 g/mol. The molecule has 5 N–H and O–H groups in total. The number of hydrazone groups is 1. The first-order chi connectivity index (χ1) is 12.5. The maximum Gasteiger partial charge on any atom is 0.322 e. The van der Waals surface area contributed by atoms with Gasteiger partial charge < -0.3 is 16.0 Å². The van der Waals surface area contributed by atoms with E-state index >= 15 is 0 Å². The van der Waals surface area contributed by atoms with Crippen LogP contribution in [0.1, 0.15) is 12.8 Å². The summed E-state index contributed by atoms with van der Waals surface area (Å²) < 4.78 is 13.5. The number of amides is 4. The van der Waals surface area contributed by atoms with Crippen molar-refractivity contribution in [1.82, 2.24) is 16.0 Å². The molecule has 0 aromatic heterocycles. The van der Waals surface area contributed by atoms with Crippen molar-refractivity contribution < 1.29 is 18.8 Å². The molecule has 4 amide bonds. The molecule has 1 aliphatic carbocycles. The molecule has 1 saturated carbocycles. The predicted molar refractivity (Wildman–Crippen MR) is 91.4 cm³/mol. The van der Waals surface area contributed by atoms with Crippen LogP contribution in [0, 0.1) is 17.1 Å². The summed E-state index contributed by atoms with van der Waals surface area (Å²) in [6.45, 7) is -0.124. The molecule has 0 spiro atoms. The number of carbonyl (C=O) groups excluding carboxylic acids is 3. The van der Waals surface area contributed by atoms with Crippen molar-refractivity contribution in [3.63, 3.8) is 0 Å². The van der Waals surface area contributed by atoms with Gasteiger partial charge in [-0.3, -0.25) is 20.3 Å². The molecule has 1 saturated heterocycles. The van der Waals surface area contributed by atoms with E-state index in [1.807, 2.05) is 0 Å². The Labute approximate surface area is 147 Å². The van der Waals surface area contributed by atoms with Gasteiger partial charge in [0.1, 0.15) is 11.4 Å². The highest BCUT2D eigenvalue weighted by atomic mass is 19.1. The lowest BCUT2D eigenvalue weighted by Crippen LogP contribution is -2.57. The van der Waals surface area contributed by atoms with Crippen LogP contribution in [-0.2, 0) is 9.59 Å². The van der Waals surface area contributed by atoms with E-state index in [9.17, 15) is 18.8 Å². The highest BCUT2D eigenvalue weighted by Crippen LogP contribution is 2.40. The Morgan fingerprint density at radius 1 is 1.38 bits per heavy atom. The first-order valence-corrected chi connectivity index (χ1v) is 7.97. The Morgan fingerprint density at radius 2 is 2.12 bits per heavy atom. The Hall–Kier alpha value is -3.30. The molecule has 0 bridgehead atoms. The fraction of sp³-hybridized carbons (Fsp3) is 0.312. The highest BCUT2D eigenvalue weighted by Gasteiger charge is 2.56. The summed E-state index contributed by atoms with van der Waals surface area (Å²) in [5, 5.41) is 18.3. The summed E-state index contributed by atoms with van der Waals surface area (Å²) in [4.78, 5) is 35.8. The maximum atomic E-state index is 13.5. The molecule has 1 heterocycles. The lowest BCUT2D eigenvalue weighted by molar-refractivity contribution is -0.125. The third kappa shape index (κ3) is 3.39.